The zero-order valence-corrected chi connectivity index (χ0v) is 27.1. The third-order valence-electron chi connectivity index (χ3n) is 7.75. The molecular formula is C30H50S2Sn. The van der Waals surface area contributed by atoms with Crippen molar-refractivity contribution in [2.24, 2.45) is 0 Å². The molecule has 0 saturated carbocycles. The summed E-state index contributed by atoms with van der Waals surface area (Å²) < 4.78 is 1.76. The van der Waals surface area contributed by atoms with Crippen molar-refractivity contribution in [3.05, 3.63) is 28.1 Å². The van der Waals surface area contributed by atoms with Crippen molar-refractivity contribution in [2.45, 2.75) is 137 Å². The SMILES string of the molecule is CCCCCCCCCCCCCCCCC1(C)c2cc(C)sc2-c2s[c]([Sn]([CH3])([CH3])[CH3])cc21. The van der Waals surface area contributed by atoms with Crippen molar-refractivity contribution in [3.63, 3.8) is 0 Å². The maximum absolute atomic E-state index is 2.65. The first-order valence-corrected chi connectivity index (χ1v) is 25.7. The number of hydrogen-bond donors (Lipinski definition) is 0. The molecule has 0 aliphatic heterocycles. The number of aryl methyl sites for hydroxylation is 1. The average Bonchev–Trinajstić information content (AvgIpc) is 3.42. The van der Waals surface area contributed by atoms with Gasteiger partial charge in [-0.25, -0.2) is 0 Å². The van der Waals surface area contributed by atoms with Gasteiger partial charge in [0.05, 0.1) is 0 Å². The van der Waals surface area contributed by atoms with Gasteiger partial charge in [-0.15, -0.1) is 0 Å². The summed E-state index contributed by atoms with van der Waals surface area (Å²) in [6.07, 6.45) is 21.5. The van der Waals surface area contributed by atoms with Gasteiger partial charge in [0.15, 0.2) is 0 Å². The van der Waals surface area contributed by atoms with E-state index in [1.807, 2.05) is 11.3 Å². The van der Waals surface area contributed by atoms with E-state index in [1.54, 1.807) is 23.8 Å². The van der Waals surface area contributed by atoms with Gasteiger partial charge in [0.1, 0.15) is 0 Å². The monoisotopic (exact) mass is 594 g/mol. The molecule has 0 aromatic carbocycles. The summed E-state index contributed by atoms with van der Waals surface area (Å²) >= 11 is 2.17. The van der Waals surface area contributed by atoms with Gasteiger partial charge in [-0.2, -0.15) is 0 Å². The second kappa shape index (κ2) is 12.9. The summed E-state index contributed by atoms with van der Waals surface area (Å²) in [6.45, 7) is 7.16. The van der Waals surface area contributed by atoms with Gasteiger partial charge >= 0.3 is 167 Å². The maximum atomic E-state index is 2.65. The van der Waals surface area contributed by atoms with Crippen LogP contribution >= 0.6 is 22.7 Å². The third kappa shape index (κ3) is 7.35. The fraction of sp³-hybridized carbons (Fsp3) is 0.733. The Morgan fingerprint density at radius 2 is 1.12 bits per heavy atom. The van der Waals surface area contributed by atoms with Crippen LogP contribution in [-0.4, -0.2) is 18.4 Å². The Hall–Kier alpha value is 0.199. The fourth-order valence-corrected chi connectivity index (χ4v) is 13.3. The van der Waals surface area contributed by atoms with Crippen LogP contribution < -0.4 is 2.89 Å². The first kappa shape index (κ1) is 27.8. The van der Waals surface area contributed by atoms with Crippen LogP contribution in [0.1, 0.15) is 126 Å². The van der Waals surface area contributed by atoms with Crippen molar-refractivity contribution in [1.82, 2.24) is 0 Å². The normalized spacial score (nSPS) is 17.5. The summed E-state index contributed by atoms with van der Waals surface area (Å²) in [5.41, 5.74) is 3.60. The van der Waals surface area contributed by atoms with Crippen molar-refractivity contribution in [1.29, 1.82) is 0 Å². The first-order chi connectivity index (χ1) is 15.8. The number of hydrogen-bond acceptors (Lipinski definition) is 2. The Bertz CT molecular complexity index is 853. The van der Waals surface area contributed by atoms with Crippen LogP contribution in [0, 0.1) is 6.92 Å². The Kier molecular flexibility index (Phi) is 10.9. The molecule has 1 atom stereocenters. The average molecular weight is 594 g/mol. The molecule has 186 valence electrons. The predicted molar refractivity (Wildman–Crippen MR) is 157 cm³/mol. The summed E-state index contributed by atoms with van der Waals surface area (Å²) in [5.74, 6) is 0. The summed E-state index contributed by atoms with van der Waals surface area (Å²) in [5, 5.41) is 0. The van der Waals surface area contributed by atoms with Gasteiger partial charge in [0, 0.05) is 0 Å². The zero-order chi connectivity index (χ0) is 23.9. The minimum atomic E-state index is -2.02. The van der Waals surface area contributed by atoms with Crippen LogP contribution in [0.4, 0.5) is 0 Å². The molecule has 33 heavy (non-hydrogen) atoms. The van der Waals surface area contributed by atoms with E-state index in [2.05, 4.69) is 59.1 Å². The molecule has 0 saturated heterocycles. The molecule has 0 fully saturated rings. The summed E-state index contributed by atoms with van der Waals surface area (Å²) in [7, 11) is 0. The number of thiophene rings is 2. The standard InChI is InChI=1S/C27H41S2.3CH3.Sn/c1-4-5-6-7-8-9-10-11-12-13-14-15-16-17-19-27(3)23-18-20-28-25(23)26-24(27)21-22(2)29-26;;;;/h18,21H,4-17,19H2,1-3H3;3*1H3;. The molecule has 0 amide bonds. The predicted octanol–water partition coefficient (Wildman–Crippen LogP) is 10.8. The zero-order valence-electron chi connectivity index (χ0n) is 22.6. The van der Waals surface area contributed by atoms with Crippen LogP contribution in [0.5, 0.6) is 0 Å². The molecule has 2 aromatic heterocycles. The minimum absolute atomic E-state index is 0.262. The topological polar surface area (TPSA) is 0 Å². The molecule has 3 heteroatoms. The van der Waals surface area contributed by atoms with E-state index in [0.29, 0.717) is 0 Å². The van der Waals surface area contributed by atoms with Crippen LogP contribution in [0.15, 0.2) is 12.1 Å². The quantitative estimate of drug-likeness (QED) is 0.134. The molecule has 0 N–H and O–H groups in total. The van der Waals surface area contributed by atoms with Crippen LogP contribution in [0.2, 0.25) is 14.8 Å². The summed E-state index contributed by atoms with van der Waals surface area (Å²) in [4.78, 5) is 12.5. The Morgan fingerprint density at radius 1 is 0.667 bits per heavy atom. The molecule has 1 aliphatic rings. The van der Waals surface area contributed by atoms with E-state index in [4.69, 9.17) is 0 Å². The second-order valence-corrected chi connectivity index (χ2v) is 29.6. The van der Waals surface area contributed by atoms with E-state index in [0.717, 1.165) is 0 Å². The third-order valence-corrected chi connectivity index (χ3v) is 19.5. The van der Waals surface area contributed by atoms with Crippen molar-refractivity contribution >= 4 is 43.9 Å². The van der Waals surface area contributed by atoms with E-state index in [1.165, 1.54) is 101 Å². The van der Waals surface area contributed by atoms with Gasteiger partial charge in [-0.05, 0) is 0 Å². The molecule has 2 heterocycles. The van der Waals surface area contributed by atoms with Gasteiger partial charge in [-0.1, -0.05) is 51.9 Å². The van der Waals surface area contributed by atoms with Crippen LogP contribution in [0.3, 0.4) is 0 Å². The Morgan fingerprint density at radius 3 is 1.64 bits per heavy atom. The molecular weight excluding hydrogens is 543 g/mol. The van der Waals surface area contributed by atoms with E-state index >= 15 is 0 Å². The molecule has 1 unspecified atom stereocenters. The van der Waals surface area contributed by atoms with Crippen molar-refractivity contribution in [3.8, 4) is 9.75 Å². The second-order valence-electron chi connectivity index (χ2n) is 11.9. The molecule has 1 aliphatic carbocycles. The van der Waals surface area contributed by atoms with Gasteiger partial charge in [0.2, 0.25) is 0 Å². The van der Waals surface area contributed by atoms with Crippen molar-refractivity contribution < 1.29 is 0 Å². The van der Waals surface area contributed by atoms with Gasteiger partial charge in [-0.3, -0.25) is 0 Å². The van der Waals surface area contributed by atoms with E-state index in [9.17, 15) is 0 Å². The van der Waals surface area contributed by atoms with Gasteiger partial charge in [0.25, 0.3) is 0 Å². The van der Waals surface area contributed by atoms with E-state index < -0.39 is 18.4 Å². The molecule has 0 nitrogen and oxygen atoms in total. The Balaban J connectivity index is 1.38. The van der Waals surface area contributed by atoms with Crippen LogP contribution in [0.25, 0.3) is 9.75 Å². The van der Waals surface area contributed by atoms with Crippen LogP contribution in [-0.2, 0) is 5.41 Å². The Labute approximate surface area is 217 Å². The summed E-state index contributed by atoms with van der Waals surface area (Å²) in [6, 6.07) is 5.17. The number of fused-ring (bicyclic) bond motifs is 3. The fourth-order valence-electron chi connectivity index (χ4n) is 5.52. The number of rotatable bonds is 16. The first-order valence-electron chi connectivity index (χ1n) is 14.0. The van der Waals surface area contributed by atoms with E-state index in [-0.39, 0.29) is 5.41 Å². The molecule has 2 aromatic rings. The molecule has 3 rings (SSSR count). The van der Waals surface area contributed by atoms with Crippen molar-refractivity contribution in [2.75, 3.05) is 0 Å². The molecule has 0 bridgehead atoms. The molecule has 0 radical (unpaired) electrons. The number of unbranched alkanes of at least 4 members (excludes halogenated alkanes) is 13. The van der Waals surface area contributed by atoms with Gasteiger partial charge < -0.3 is 0 Å². The molecule has 0 spiro atoms.